The fourth-order valence-electron chi connectivity index (χ4n) is 5.01. The summed E-state index contributed by atoms with van der Waals surface area (Å²) in [6, 6.07) is 8.64. The van der Waals surface area contributed by atoms with E-state index < -0.39 is 42.0 Å². The fraction of sp³-hybridized carbons (Fsp3) is 0.641. The lowest BCUT2D eigenvalue weighted by Crippen LogP contribution is -2.46. The van der Waals surface area contributed by atoms with Crippen molar-refractivity contribution in [3.63, 3.8) is 0 Å². The van der Waals surface area contributed by atoms with E-state index in [0.29, 0.717) is 17.8 Å². The first kappa shape index (κ1) is 46.2. The number of likely N-dealkylation sites (N-methyl/N-ethyl adjacent to an activating group) is 1. The summed E-state index contributed by atoms with van der Waals surface area (Å²) in [7, 11) is 1.86. The Morgan fingerprint density at radius 2 is 1.58 bits per heavy atom. The second kappa shape index (κ2) is 26.0. The molecular formula is C39H63N5O7S. The van der Waals surface area contributed by atoms with E-state index in [1.54, 1.807) is 12.3 Å². The van der Waals surface area contributed by atoms with Gasteiger partial charge in [0.2, 0.25) is 11.8 Å². The minimum atomic E-state index is -0.945. The molecule has 292 valence electrons. The van der Waals surface area contributed by atoms with Gasteiger partial charge in [-0.25, -0.2) is 4.98 Å². The number of nitrogens with zero attached hydrogens (tertiary/aromatic N) is 2. The number of carboxylic acids is 1. The van der Waals surface area contributed by atoms with Gasteiger partial charge < -0.3 is 25.8 Å². The van der Waals surface area contributed by atoms with E-state index in [0.717, 1.165) is 24.9 Å². The Kier molecular flexibility index (Phi) is 23.1. The molecule has 3 amide bonds. The first-order valence-corrected chi connectivity index (χ1v) is 19.6. The Bertz CT molecular complexity index is 1350. The Hall–Kier alpha value is -3.84. The van der Waals surface area contributed by atoms with Gasteiger partial charge in [0.25, 0.3) is 5.91 Å². The third-order valence-electron chi connectivity index (χ3n) is 8.35. The van der Waals surface area contributed by atoms with Crippen LogP contribution in [0.4, 0.5) is 0 Å². The van der Waals surface area contributed by atoms with Crippen LogP contribution < -0.4 is 16.0 Å². The lowest BCUT2D eigenvalue weighted by molar-refractivity contribution is -0.150. The number of hydrogen-bond donors (Lipinski definition) is 4. The van der Waals surface area contributed by atoms with Crippen LogP contribution in [0.25, 0.3) is 0 Å². The predicted molar refractivity (Wildman–Crippen MR) is 206 cm³/mol. The lowest BCUT2D eigenvalue weighted by atomic mass is 9.96. The standard InChI is InChI=1S/C35H53N5O7S.C4H10/c1-7-9-16-40(6)21-31(42)36-20-30(41)38-27(23(3)4)19-29(47-32(43)13-8-2)34-39-28(22-48-34)33(44)37-26(17-24(5)35(45)46)18-25-14-11-10-12-15-25;1-3-4-2/h10-12,14-15,22-24,26-27,29H,7-9,13,16-21H2,1-6H3,(H,36,42)(H,37,44)(H,38,41)(H,45,46);3-4H2,1-2H3/t24?,26-,27?,29?;/m1./s1. The number of carbonyl (C=O) groups is 5. The monoisotopic (exact) mass is 745 g/mol. The van der Waals surface area contributed by atoms with E-state index >= 15 is 0 Å². The highest BCUT2D eigenvalue weighted by Crippen LogP contribution is 2.29. The zero-order valence-electron chi connectivity index (χ0n) is 32.5. The smallest absolute Gasteiger partial charge is 0.306 e. The molecular weight excluding hydrogens is 683 g/mol. The van der Waals surface area contributed by atoms with Crippen LogP contribution in [0.2, 0.25) is 0 Å². The normalized spacial score (nSPS) is 13.3. The molecule has 4 atom stereocenters. The number of esters is 1. The quantitative estimate of drug-likeness (QED) is 0.0974. The van der Waals surface area contributed by atoms with Gasteiger partial charge in [-0.1, -0.05) is 98.1 Å². The lowest BCUT2D eigenvalue weighted by Gasteiger charge is -2.26. The molecule has 12 nitrogen and oxygen atoms in total. The maximum atomic E-state index is 13.4. The number of aliphatic carboxylic acids is 1. The summed E-state index contributed by atoms with van der Waals surface area (Å²) >= 11 is 1.18. The topological polar surface area (TPSA) is 167 Å². The van der Waals surface area contributed by atoms with Crippen LogP contribution in [0.5, 0.6) is 0 Å². The Balaban J connectivity index is 0.00000320. The first-order valence-electron chi connectivity index (χ1n) is 18.7. The van der Waals surface area contributed by atoms with Gasteiger partial charge in [-0.15, -0.1) is 11.3 Å². The molecule has 0 aliphatic rings. The summed E-state index contributed by atoms with van der Waals surface area (Å²) < 4.78 is 5.83. The summed E-state index contributed by atoms with van der Waals surface area (Å²) in [5, 5.41) is 20.1. The maximum Gasteiger partial charge on any atom is 0.306 e. The molecule has 13 heteroatoms. The van der Waals surface area contributed by atoms with Crippen molar-refractivity contribution in [2.45, 2.75) is 124 Å². The number of amides is 3. The van der Waals surface area contributed by atoms with Crippen LogP contribution in [0.3, 0.4) is 0 Å². The molecule has 0 saturated carbocycles. The summed E-state index contributed by atoms with van der Waals surface area (Å²) in [4.78, 5) is 69.2. The number of benzene rings is 1. The number of unbranched alkanes of at least 4 members (excludes halogenated alkanes) is 2. The van der Waals surface area contributed by atoms with Crippen LogP contribution in [-0.2, 0) is 30.3 Å². The molecule has 2 rings (SSSR count). The van der Waals surface area contributed by atoms with Crippen LogP contribution in [0, 0.1) is 11.8 Å². The van der Waals surface area contributed by atoms with Gasteiger partial charge in [0, 0.05) is 30.3 Å². The number of rotatable bonds is 23. The van der Waals surface area contributed by atoms with Gasteiger partial charge >= 0.3 is 11.9 Å². The number of aromatic nitrogens is 1. The number of carboxylic acid groups (broad SMARTS) is 1. The average molecular weight is 746 g/mol. The van der Waals surface area contributed by atoms with E-state index in [1.165, 1.54) is 24.2 Å². The molecule has 1 heterocycles. The van der Waals surface area contributed by atoms with Gasteiger partial charge in [0.1, 0.15) is 10.7 Å². The van der Waals surface area contributed by atoms with E-state index in [9.17, 15) is 29.1 Å². The molecule has 0 spiro atoms. The maximum absolute atomic E-state index is 13.4. The highest BCUT2D eigenvalue weighted by atomic mass is 32.1. The van der Waals surface area contributed by atoms with Crippen LogP contribution in [0.1, 0.15) is 127 Å². The van der Waals surface area contributed by atoms with Gasteiger partial charge in [0.15, 0.2) is 6.10 Å². The van der Waals surface area contributed by atoms with Gasteiger partial charge in [-0.3, -0.25) is 28.9 Å². The predicted octanol–water partition coefficient (Wildman–Crippen LogP) is 6.16. The zero-order chi connectivity index (χ0) is 39.1. The number of carbonyl (C=O) groups excluding carboxylic acids is 4. The van der Waals surface area contributed by atoms with Crippen molar-refractivity contribution in [2.75, 3.05) is 26.7 Å². The zero-order valence-corrected chi connectivity index (χ0v) is 33.4. The van der Waals surface area contributed by atoms with Crippen molar-refractivity contribution in [2.24, 2.45) is 11.8 Å². The van der Waals surface area contributed by atoms with Crippen molar-refractivity contribution in [3.05, 3.63) is 52.0 Å². The molecule has 3 unspecified atom stereocenters. The van der Waals surface area contributed by atoms with Crippen LogP contribution in [0.15, 0.2) is 35.7 Å². The molecule has 4 N–H and O–H groups in total. The van der Waals surface area contributed by atoms with E-state index in [-0.39, 0.29) is 55.8 Å². The van der Waals surface area contributed by atoms with Crippen molar-refractivity contribution in [1.29, 1.82) is 0 Å². The second-order valence-corrected chi connectivity index (χ2v) is 14.5. The number of ether oxygens (including phenoxy) is 1. The fourth-order valence-corrected chi connectivity index (χ4v) is 5.85. The highest BCUT2D eigenvalue weighted by Gasteiger charge is 2.29. The Morgan fingerprint density at radius 1 is 0.904 bits per heavy atom. The van der Waals surface area contributed by atoms with E-state index in [2.05, 4.69) is 41.7 Å². The molecule has 0 aliphatic heterocycles. The minimum absolute atomic E-state index is 0.0464. The third kappa shape index (κ3) is 19.1. The van der Waals surface area contributed by atoms with Gasteiger partial charge in [-0.2, -0.15) is 0 Å². The minimum Gasteiger partial charge on any atom is -0.481 e. The second-order valence-electron chi connectivity index (χ2n) is 13.7. The molecule has 52 heavy (non-hydrogen) atoms. The SMILES string of the molecule is CCCC.CCCCN(C)CC(=O)NCC(=O)NC(CC(OC(=O)CCC)c1nc(C(=O)N[C@@H](Cc2ccccc2)CC(C)C(=O)O)cs1)C(C)C. The summed E-state index contributed by atoms with van der Waals surface area (Å²) in [5.74, 6) is -3.14. The Labute approximate surface area is 314 Å². The molecule has 0 bridgehead atoms. The first-order chi connectivity index (χ1) is 24.7. The third-order valence-corrected chi connectivity index (χ3v) is 9.29. The van der Waals surface area contributed by atoms with Gasteiger partial charge in [0.05, 0.1) is 19.0 Å². The average Bonchev–Trinajstić information content (AvgIpc) is 3.60. The number of nitrogens with one attached hydrogen (secondary N) is 3. The molecule has 1 aromatic carbocycles. The molecule has 0 radical (unpaired) electrons. The van der Waals surface area contributed by atoms with Crippen molar-refractivity contribution < 1.29 is 33.8 Å². The molecule has 0 saturated heterocycles. The molecule has 1 aromatic heterocycles. The highest BCUT2D eigenvalue weighted by molar-refractivity contribution is 7.09. The van der Waals surface area contributed by atoms with Crippen molar-refractivity contribution in [3.8, 4) is 0 Å². The van der Waals surface area contributed by atoms with Crippen molar-refractivity contribution >= 4 is 41.0 Å². The van der Waals surface area contributed by atoms with Crippen LogP contribution in [-0.4, -0.2) is 83.4 Å². The summed E-state index contributed by atoms with van der Waals surface area (Å²) in [6.45, 7) is 14.6. The Morgan fingerprint density at radius 3 is 2.15 bits per heavy atom. The largest absolute Gasteiger partial charge is 0.481 e. The summed E-state index contributed by atoms with van der Waals surface area (Å²) in [5.41, 5.74) is 1.09. The molecule has 2 aromatic rings. The van der Waals surface area contributed by atoms with Crippen molar-refractivity contribution in [1.82, 2.24) is 25.8 Å². The molecule has 0 fully saturated rings. The molecule has 0 aliphatic carbocycles. The van der Waals surface area contributed by atoms with E-state index in [1.807, 2.05) is 63.1 Å². The van der Waals surface area contributed by atoms with Gasteiger partial charge in [-0.05, 0) is 50.8 Å². The number of hydrogen-bond acceptors (Lipinski definition) is 9. The van der Waals surface area contributed by atoms with Crippen LogP contribution >= 0.6 is 11.3 Å². The number of thiazole rings is 1. The summed E-state index contributed by atoms with van der Waals surface area (Å²) in [6.07, 6.45) is 5.52. The van der Waals surface area contributed by atoms with E-state index in [4.69, 9.17) is 4.74 Å².